The number of nitrogens with zero attached hydrogens (tertiary/aromatic N) is 1. The summed E-state index contributed by atoms with van der Waals surface area (Å²) >= 11 is 1.41. The number of carbonyl (C=O) groups is 1. The van der Waals surface area contributed by atoms with Gasteiger partial charge in [0.25, 0.3) is 0 Å². The van der Waals surface area contributed by atoms with Gasteiger partial charge in [-0.1, -0.05) is 30.0 Å². The number of para-hydroxylation sites is 1. The first-order valence-corrected chi connectivity index (χ1v) is 7.40. The molecule has 0 saturated heterocycles. The molecule has 0 radical (unpaired) electrons. The van der Waals surface area contributed by atoms with Crippen LogP contribution in [0.2, 0.25) is 0 Å². The van der Waals surface area contributed by atoms with Crippen molar-refractivity contribution < 1.29 is 9.21 Å². The number of furan rings is 1. The molecule has 2 aromatic rings. The summed E-state index contributed by atoms with van der Waals surface area (Å²) in [5.74, 6) is 0.691. The van der Waals surface area contributed by atoms with Crippen molar-refractivity contribution in [2.24, 2.45) is 4.99 Å². The maximum atomic E-state index is 11.9. The Balaban J connectivity index is 1.64. The number of hydrogen-bond donors (Lipinski definition) is 1. The summed E-state index contributed by atoms with van der Waals surface area (Å²) in [4.78, 5) is 16.4. The quantitative estimate of drug-likeness (QED) is 0.880. The van der Waals surface area contributed by atoms with Gasteiger partial charge in [-0.2, -0.15) is 0 Å². The monoisotopic (exact) mass is 286 g/mol. The maximum absolute atomic E-state index is 11.9. The first-order chi connectivity index (χ1) is 9.83. The first kappa shape index (κ1) is 13.0. The molecule has 0 amide bonds. The van der Waals surface area contributed by atoms with E-state index in [1.807, 2.05) is 18.2 Å². The van der Waals surface area contributed by atoms with Crippen LogP contribution in [0.5, 0.6) is 0 Å². The molecule has 1 aliphatic heterocycles. The van der Waals surface area contributed by atoms with Crippen molar-refractivity contribution in [3.05, 3.63) is 54.0 Å². The number of anilines is 1. The van der Waals surface area contributed by atoms with Gasteiger partial charge in [0, 0.05) is 12.2 Å². The van der Waals surface area contributed by atoms with Crippen LogP contribution >= 0.6 is 11.8 Å². The van der Waals surface area contributed by atoms with E-state index < -0.39 is 0 Å². The van der Waals surface area contributed by atoms with E-state index in [2.05, 4.69) is 16.4 Å². The highest BCUT2D eigenvalue weighted by atomic mass is 32.2. The molecule has 0 bridgehead atoms. The number of benzene rings is 1. The van der Waals surface area contributed by atoms with Crippen LogP contribution in [0.15, 0.2) is 52.1 Å². The van der Waals surface area contributed by atoms with Crippen LogP contribution in [0.1, 0.15) is 16.1 Å². The van der Waals surface area contributed by atoms with E-state index in [1.165, 1.54) is 23.6 Å². The number of Topliss-reactive ketones (excluding diaryl/α,β-unsaturated/α-hetero) is 1. The predicted molar refractivity (Wildman–Crippen MR) is 81.6 cm³/mol. The number of rotatable bonds is 3. The Bertz CT molecular complexity index is 635. The fourth-order valence-corrected chi connectivity index (χ4v) is 2.79. The third kappa shape index (κ3) is 2.93. The normalized spacial score (nSPS) is 13.9. The summed E-state index contributed by atoms with van der Waals surface area (Å²) < 4.78 is 5.09. The van der Waals surface area contributed by atoms with Crippen molar-refractivity contribution in [3.8, 4) is 0 Å². The summed E-state index contributed by atoms with van der Waals surface area (Å²) in [6.45, 7) is 0.737. The van der Waals surface area contributed by atoms with Crippen LogP contribution in [0, 0.1) is 0 Å². The van der Waals surface area contributed by atoms with E-state index in [0.29, 0.717) is 11.5 Å². The van der Waals surface area contributed by atoms with E-state index in [1.54, 1.807) is 12.1 Å². The van der Waals surface area contributed by atoms with Gasteiger partial charge in [0.1, 0.15) is 0 Å². The second kappa shape index (κ2) is 5.96. The zero-order valence-electron chi connectivity index (χ0n) is 10.8. The molecule has 0 unspecified atom stereocenters. The van der Waals surface area contributed by atoms with Gasteiger partial charge < -0.3 is 9.73 Å². The molecule has 1 N–H and O–H groups in total. The molecule has 1 aromatic heterocycles. The number of fused-ring (bicyclic) bond motifs is 1. The van der Waals surface area contributed by atoms with Crippen molar-refractivity contribution in [1.29, 1.82) is 0 Å². The molecule has 20 heavy (non-hydrogen) atoms. The SMILES string of the molecule is O=C(CSC1=NCCc2ccccc2N1)c1ccco1. The number of hydrogen-bond acceptors (Lipinski definition) is 5. The van der Waals surface area contributed by atoms with Crippen LogP contribution in [0.25, 0.3) is 0 Å². The lowest BCUT2D eigenvalue weighted by molar-refractivity contribution is 0.0992. The molecule has 0 spiro atoms. The molecule has 0 atom stereocenters. The predicted octanol–water partition coefficient (Wildman–Crippen LogP) is 3.22. The maximum Gasteiger partial charge on any atom is 0.208 e. The number of ketones is 1. The number of carbonyl (C=O) groups excluding carboxylic acids is 1. The molecule has 0 saturated carbocycles. The molecule has 0 aliphatic carbocycles. The van der Waals surface area contributed by atoms with Crippen molar-refractivity contribution in [2.45, 2.75) is 6.42 Å². The highest BCUT2D eigenvalue weighted by Crippen LogP contribution is 2.21. The Morgan fingerprint density at radius 2 is 2.20 bits per heavy atom. The molecule has 0 fully saturated rings. The van der Waals surface area contributed by atoms with Gasteiger partial charge in [0.15, 0.2) is 10.9 Å². The Morgan fingerprint density at radius 3 is 3.05 bits per heavy atom. The Kier molecular flexibility index (Phi) is 3.87. The number of aliphatic imine (C=N–C) groups is 1. The summed E-state index contributed by atoms with van der Waals surface area (Å²) in [6, 6.07) is 11.5. The van der Waals surface area contributed by atoms with Gasteiger partial charge >= 0.3 is 0 Å². The minimum absolute atomic E-state index is 0.0259. The van der Waals surface area contributed by atoms with E-state index in [4.69, 9.17) is 4.42 Å². The van der Waals surface area contributed by atoms with Gasteiger partial charge in [-0.25, -0.2) is 0 Å². The topological polar surface area (TPSA) is 54.6 Å². The lowest BCUT2D eigenvalue weighted by atomic mass is 10.1. The minimum atomic E-state index is -0.0259. The lowest BCUT2D eigenvalue weighted by Crippen LogP contribution is -2.11. The minimum Gasteiger partial charge on any atom is -0.461 e. The van der Waals surface area contributed by atoms with Crippen LogP contribution < -0.4 is 5.32 Å². The second-order valence-corrected chi connectivity index (χ2v) is 5.37. The van der Waals surface area contributed by atoms with E-state index in [-0.39, 0.29) is 5.78 Å². The van der Waals surface area contributed by atoms with E-state index in [0.717, 1.165) is 23.8 Å². The zero-order valence-corrected chi connectivity index (χ0v) is 11.7. The smallest absolute Gasteiger partial charge is 0.208 e. The summed E-state index contributed by atoms with van der Waals surface area (Å²) in [7, 11) is 0. The molecule has 5 heteroatoms. The van der Waals surface area contributed by atoms with Gasteiger partial charge in [0.2, 0.25) is 5.78 Å². The Labute approximate surface area is 121 Å². The second-order valence-electron chi connectivity index (χ2n) is 4.41. The third-order valence-corrected chi connectivity index (χ3v) is 3.94. The fourth-order valence-electron chi connectivity index (χ4n) is 2.02. The van der Waals surface area contributed by atoms with Gasteiger partial charge in [-0.3, -0.25) is 9.79 Å². The highest BCUT2D eigenvalue weighted by molar-refractivity contribution is 8.14. The first-order valence-electron chi connectivity index (χ1n) is 6.42. The molecule has 3 rings (SSSR count). The highest BCUT2D eigenvalue weighted by Gasteiger charge is 2.14. The Morgan fingerprint density at radius 1 is 1.30 bits per heavy atom. The molecule has 102 valence electrons. The molecular formula is C15H14N2O2S. The summed E-state index contributed by atoms with van der Waals surface area (Å²) in [5, 5.41) is 4.08. The van der Waals surface area contributed by atoms with Crippen molar-refractivity contribution in [1.82, 2.24) is 0 Å². The average Bonchev–Trinajstić information content (AvgIpc) is 2.92. The van der Waals surface area contributed by atoms with Crippen molar-refractivity contribution in [2.75, 3.05) is 17.6 Å². The number of nitrogens with one attached hydrogen (secondary N) is 1. The zero-order chi connectivity index (χ0) is 13.8. The van der Waals surface area contributed by atoms with Crippen LogP contribution in [-0.2, 0) is 6.42 Å². The van der Waals surface area contributed by atoms with Gasteiger partial charge in [-0.05, 0) is 30.2 Å². The standard InChI is InChI=1S/C15H14N2O2S/c18-13(14-6-3-9-19-14)10-20-15-16-8-7-11-4-1-2-5-12(11)17-15/h1-6,9H,7-8,10H2,(H,16,17). The molecule has 2 heterocycles. The lowest BCUT2D eigenvalue weighted by Gasteiger charge is -2.08. The van der Waals surface area contributed by atoms with Crippen molar-refractivity contribution in [3.63, 3.8) is 0 Å². The molecule has 4 nitrogen and oxygen atoms in total. The third-order valence-electron chi connectivity index (χ3n) is 3.03. The van der Waals surface area contributed by atoms with Crippen LogP contribution in [0.3, 0.4) is 0 Å². The van der Waals surface area contributed by atoms with Crippen LogP contribution in [0.4, 0.5) is 5.69 Å². The Hall–Kier alpha value is -2.01. The number of amidine groups is 1. The van der Waals surface area contributed by atoms with Crippen molar-refractivity contribution >= 4 is 28.4 Å². The van der Waals surface area contributed by atoms with Crippen LogP contribution in [-0.4, -0.2) is 23.2 Å². The summed E-state index contributed by atoms with van der Waals surface area (Å²) in [5.41, 5.74) is 2.32. The van der Waals surface area contributed by atoms with Gasteiger partial charge in [0.05, 0.1) is 12.0 Å². The molecule has 1 aliphatic rings. The van der Waals surface area contributed by atoms with E-state index in [9.17, 15) is 4.79 Å². The van der Waals surface area contributed by atoms with Gasteiger partial charge in [-0.15, -0.1) is 0 Å². The molecular weight excluding hydrogens is 272 g/mol. The fraction of sp³-hybridized carbons (Fsp3) is 0.200. The largest absolute Gasteiger partial charge is 0.461 e. The summed E-state index contributed by atoms with van der Waals surface area (Å²) in [6.07, 6.45) is 2.43. The molecule has 1 aromatic carbocycles. The number of thioether (sulfide) groups is 1. The van der Waals surface area contributed by atoms with E-state index >= 15 is 0 Å². The average molecular weight is 286 g/mol.